The first-order valence-corrected chi connectivity index (χ1v) is 9.19. The Hall–Kier alpha value is -1.86. The Labute approximate surface area is 148 Å². The van der Waals surface area contributed by atoms with Gasteiger partial charge in [0.05, 0.1) is 13.1 Å². The summed E-state index contributed by atoms with van der Waals surface area (Å²) in [6.07, 6.45) is 3.59. The van der Waals surface area contributed by atoms with Crippen molar-refractivity contribution >= 4 is 34.1 Å². The van der Waals surface area contributed by atoms with Gasteiger partial charge in [-0.2, -0.15) is 0 Å². The van der Waals surface area contributed by atoms with Gasteiger partial charge in [-0.15, -0.1) is 10.2 Å². The van der Waals surface area contributed by atoms with Gasteiger partial charge in [0.25, 0.3) is 0 Å². The third-order valence-corrected chi connectivity index (χ3v) is 5.63. The van der Waals surface area contributed by atoms with E-state index in [2.05, 4.69) is 15.5 Å². The number of benzene rings is 1. The molecule has 1 N–H and O–H groups in total. The molecule has 8 heteroatoms. The van der Waals surface area contributed by atoms with Gasteiger partial charge in [0, 0.05) is 16.5 Å². The summed E-state index contributed by atoms with van der Waals surface area (Å²) in [6.45, 7) is 1.41. The van der Waals surface area contributed by atoms with Crippen molar-refractivity contribution in [3.8, 4) is 5.75 Å². The molecule has 2 heterocycles. The Morgan fingerprint density at radius 2 is 2.25 bits per heavy atom. The predicted molar refractivity (Wildman–Crippen MR) is 92.9 cm³/mol. The summed E-state index contributed by atoms with van der Waals surface area (Å²) >= 11 is 7.52. The molecule has 1 aromatic heterocycles. The van der Waals surface area contributed by atoms with Crippen molar-refractivity contribution in [3.63, 3.8) is 0 Å². The van der Waals surface area contributed by atoms with Gasteiger partial charge in [-0.1, -0.05) is 29.4 Å². The fourth-order valence-electron chi connectivity index (χ4n) is 2.81. The fourth-order valence-corrected chi connectivity index (χ4v) is 3.91. The molecule has 0 atom stereocenters. The van der Waals surface area contributed by atoms with Crippen molar-refractivity contribution < 1.29 is 9.53 Å². The Kier molecular flexibility index (Phi) is 4.28. The molecular formula is C16H17ClN4O2S. The number of urea groups is 1. The molecule has 4 rings (SSSR count). The molecule has 2 amide bonds. The third-order valence-electron chi connectivity index (χ3n) is 4.40. The zero-order valence-corrected chi connectivity index (χ0v) is 14.6. The summed E-state index contributed by atoms with van der Waals surface area (Å²) in [5.74, 6) is 1.30. The average molecular weight is 365 g/mol. The molecule has 2 aromatic rings. The number of nitrogens with one attached hydrogen (secondary N) is 1. The van der Waals surface area contributed by atoms with E-state index in [1.165, 1.54) is 30.6 Å². The standard InChI is InChI=1S/C16H17ClN4O2S/c17-12-4-5-13-11(8-12)9-21(6-7-23-13)16(22)18-15-20-19-14(24-15)10-2-1-3-10/h4-5,8,10H,1-3,6-7,9H2,(H,18,20,22). The Morgan fingerprint density at radius 1 is 1.38 bits per heavy atom. The Balaban J connectivity index is 1.44. The van der Waals surface area contributed by atoms with Gasteiger partial charge >= 0.3 is 6.03 Å². The lowest BCUT2D eigenvalue weighted by Crippen LogP contribution is -2.36. The van der Waals surface area contributed by atoms with E-state index in [-0.39, 0.29) is 6.03 Å². The van der Waals surface area contributed by atoms with Crippen LogP contribution in [0.4, 0.5) is 9.93 Å². The van der Waals surface area contributed by atoms with Crippen LogP contribution in [0.25, 0.3) is 0 Å². The Bertz CT molecular complexity index is 762. The highest BCUT2D eigenvalue weighted by molar-refractivity contribution is 7.15. The van der Waals surface area contributed by atoms with Crippen LogP contribution in [-0.2, 0) is 6.54 Å². The molecule has 126 valence electrons. The highest BCUT2D eigenvalue weighted by Gasteiger charge is 2.25. The molecule has 0 spiro atoms. The van der Waals surface area contributed by atoms with Crippen LogP contribution >= 0.6 is 22.9 Å². The number of hydrogen-bond donors (Lipinski definition) is 1. The average Bonchev–Trinajstić information content (AvgIpc) is 2.83. The predicted octanol–water partition coefficient (Wildman–Crippen LogP) is 3.89. The highest BCUT2D eigenvalue weighted by Crippen LogP contribution is 2.38. The zero-order chi connectivity index (χ0) is 16.5. The number of rotatable bonds is 2. The normalized spacial score (nSPS) is 17.5. The number of anilines is 1. The van der Waals surface area contributed by atoms with Crippen molar-refractivity contribution in [1.29, 1.82) is 0 Å². The molecule has 0 unspecified atom stereocenters. The molecule has 1 aliphatic heterocycles. The van der Waals surface area contributed by atoms with E-state index in [0.717, 1.165) is 16.3 Å². The van der Waals surface area contributed by atoms with Crippen LogP contribution in [0.5, 0.6) is 5.75 Å². The molecule has 24 heavy (non-hydrogen) atoms. The van der Waals surface area contributed by atoms with Gasteiger partial charge in [0.15, 0.2) is 0 Å². The maximum Gasteiger partial charge on any atom is 0.324 e. The summed E-state index contributed by atoms with van der Waals surface area (Å²) in [5.41, 5.74) is 0.905. The number of hydrogen-bond acceptors (Lipinski definition) is 5. The number of carbonyl (C=O) groups is 1. The lowest BCUT2D eigenvalue weighted by molar-refractivity contribution is 0.200. The lowest BCUT2D eigenvalue weighted by atomic mass is 9.86. The summed E-state index contributed by atoms with van der Waals surface area (Å²) in [7, 11) is 0. The fraction of sp³-hybridized carbons (Fsp3) is 0.438. The SMILES string of the molecule is O=C(Nc1nnc(C2CCC2)s1)N1CCOc2ccc(Cl)cc2C1. The van der Waals surface area contributed by atoms with Gasteiger partial charge in [-0.3, -0.25) is 5.32 Å². The van der Waals surface area contributed by atoms with E-state index < -0.39 is 0 Å². The zero-order valence-electron chi connectivity index (χ0n) is 13.0. The van der Waals surface area contributed by atoms with Crippen LogP contribution in [0.1, 0.15) is 35.8 Å². The van der Waals surface area contributed by atoms with E-state index in [0.29, 0.717) is 35.8 Å². The maximum atomic E-state index is 12.5. The third kappa shape index (κ3) is 3.18. The van der Waals surface area contributed by atoms with E-state index in [4.69, 9.17) is 16.3 Å². The van der Waals surface area contributed by atoms with Crippen LogP contribution in [0.2, 0.25) is 5.02 Å². The number of amides is 2. The Morgan fingerprint density at radius 3 is 3.04 bits per heavy atom. The molecule has 6 nitrogen and oxygen atoms in total. The number of halogens is 1. The minimum Gasteiger partial charge on any atom is -0.491 e. The number of nitrogens with zero attached hydrogens (tertiary/aromatic N) is 3. The van der Waals surface area contributed by atoms with E-state index in [1.807, 2.05) is 12.1 Å². The summed E-state index contributed by atoms with van der Waals surface area (Å²) in [4.78, 5) is 14.2. The molecule has 0 bridgehead atoms. The van der Waals surface area contributed by atoms with E-state index in [9.17, 15) is 4.79 Å². The first-order valence-electron chi connectivity index (χ1n) is 7.99. The number of fused-ring (bicyclic) bond motifs is 1. The topological polar surface area (TPSA) is 67.4 Å². The smallest absolute Gasteiger partial charge is 0.324 e. The first-order chi connectivity index (χ1) is 11.7. The highest BCUT2D eigenvalue weighted by atomic mass is 35.5. The molecule has 1 aromatic carbocycles. The number of carbonyl (C=O) groups excluding carboxylic acids is 1. The van der Waals surface area contributed by atoms with E-state index in [1.54, 1.807) is 11.0 Å². The molecule has 1 fully saturated rings. The van der Waals surface area contributed by atoms with Crippen molar-refractivity contribution in [3.05, 3.63) is 33.8 Å². The van der Waals surface area contributed by atoms with E-state index >= 15 is 0 Å². The first kappa shape index (κ1) is 15.7. The van der Waals surface area contributed by atoms with Gasteiger partial charge in [0.1, 0.15) is 17.4 Å². The molecule has 0 saturated heterocycles. The van der Waals surface area contributed by atoms with Crippen LogP contribution in [0.3, 0.4) is 0 Å². The van der Waals surface area contributed by atoms with Crippen molar-refractivity contribution in [1.82, 2.24) is 15.1 Å². The second kappa shape index (κ2) is 6.57. The second-order valence-electron chi connectivity index (χ2n) is 6.03. The van der Waals surface area contributed by atoms with Crippen LogP contribution < -0.4 is 10.1 Å². The molecule has 1 saturated carbocycles. The largest absolute Gasteiger partial charge is 0.491 e. The van der Waals surface area contributed by atoms with Gasteiger partial charge in [-0.25, -0.2) is 4.79 Å². The summed E-state index contributed by atoms with van der Waals surface area (Å²) in [6, 6.07) is 5.28. The van der Waals surface area contributed by atoms with Crippen molar-refractivity contribution in [2.75, 3.05) is 18.5 Å². The minimum absolute atomic E-state index is 0.192. The molecule has 2 aliphatic rings. The molecule has 0 radical (unpaired) electrons. The van der Waals surface area contributed by atoms with Gasteiger partial charge < -0.3 is 9.64 Å². The van der Waals surface area contributed by atoms with Crippen LogP contribution in [-0.4, -0.2) is 34.3 Å². The van der Waals surface area contributed by atoms with Gasteiger partial charge in [0.2, 0.25) is 5.13 Å². The number of aromatic nitrogens is 2. The van der Waals surface area contributed by atoms with Gasteiger partial charge in [-0.05, 0) is 31.0 Å². The number of ether oxygens (including phenoxy) is 1. The monoisotopic (exact) mass is 364 g/mol. The quantitative estimate of drug-likeness (QED) is 0.877. The minimum atomic E-state index is -0.192. The summed E-state index contributed by atoms with van der Waals surface area (Å²) in [5, 5.41) is 13.3. The van der Waals surface area contributed by atoms with Crippen molar-refractivity contribution in [2.45, 2.75) is 31.7 Å². The lowest BCUT2D eigenvalue weighted by Gasteiger charge is -2.21. The van der Waals surface area contributed by atoms with Crippen molar-refractivity contribution in [2.24, 2.45) is 0 Å². The molecule has 1 aliphatic carbocycles. The second-order valence-corrected chi connectivity index (χ2v) is 7.47. The molecular weight excluding hydrogens is 348 g/mol. The maximum absolute atomic E-state index is 12.5. The van der Waals surface area contributed by atoms with Crippen LogP contribution in [0, 0.1) is 0 Å². The summed E-state index contributed by atoms with van der Waals surface area (Å²) < 4.78 is 5.69. The van der Waals surface area contributed by atoms with Crippen LogP contribution in [0.15, 0.2) is 18.2 Å².